The van der Waals surface area contributed by atoms with Crippen molar-refractivity contribution in [1.29, 1.82) is 0 Å². The van der Waals surface area contributed by atoms with Gasteiger partial charge in [-0.2, -0.15) is 0 Å². The maximum Gasteiger partial charge on any atom is 0.150 e. The molecule has 1 aliphatic heterocycles. The SMILES string of the molecule is Cc1c(CNC[C@@H]2CCS(=O)(=O)C2)c2ccccc2n1CC(C)C. The first kappa shape index (κ1) is 17.5. The fourth-order valence-corrected chi connectivity index (χ4v) is 5.62. The Bertz CT molecular complexity index is 821. The molecule has 0 radical (unpaired) electrons. The van der Waals surface area contributed by atoms with Crippen LogP contribution >= 0.6 is 0 Å². The van der Waals surface area contributed by atoms with Gasteiger partial charge in [-0.1, -0.05) is 32.0 Å². The lowest BCUT2D eigenvalue weighted by molar-refractivity contribution is 0.513. The molecule has 0 bridgehead atoms. The van der Waals surface area contributed by atoms with Gasteiger partial charge >= 0.3 is 0 Å². The minimum absolute atomic E-state index is 0.263. The summed E-state index contributed by atoms with van der Waals surface area (Å²) in [5.41, 5.74) is 3.95. The van der Waals surface area contributed by atoms with Crippen LogP contribution < -0.4 is 5.32 Å². The molecule has 0 saturated carbocycles. The van der Waals surface area contributed by atoms with Crippen LogP contribution in [0.25, 0.3) is 10.9 Å². The lowest BCUT2D eigenvalue weighted by atomic mass is 10.1. The predicted molar refractivity (Wildman–Crippen MR) is 100.0 cm³/mol. The summed E-state index contributed by atoms with van der Waals surface area (Å²) in [5.74, 6) is 1.56. The minimum Gasteiger partial charge on any atom is -0.344 e. The van der Waals surface area contributed by atoms with Crippen LogP contribution in [0.15, 0.2) is 24.3 Å². The number of hydrogen-bond acceptors (Lipinski definition) is 3. The third-order valence-corrected chi connectivity index (χ3v) is 6.81. The maximum absolute atomic E-state index is 11.6. The Labute approximate surface area is 145 Å². The van der Waals surface area contributed by atoms with E-state index >= 15 is 0 Å². The number of fused-ring (bicyclic) bond motifs is 1. The average Bonchev–Trinajstić information content (AvgIpc) is 2.99. The van der Waals surface area contributed by atoms with Crippen molar-refractivity contribution in [3.05, 3.63) is 35.5 Å². The normalized spacial score (nSPS) is 20.2. The van der Waals surface area contributed by atoms with Gasteiger partial charge < -0.3 is 9.88 Å². The monoisotopic (exact) mass is 348 g/mol. The van der Waals surface area contributed by atoms with Gasteiger partial charge in [0.05, 0.1) is 11.5 Å². The number of hydrogen-bond donors (Lipinski definition) is 1. The Morgan fingerprint density at radius 3 is 2.71 bits per heavy atom. The van der Waals surface area contributed by atoms with Gasteiger partial charge in [0.2, 0.25) is 0 Å². The van der Waals surface area contributed by atoms with Gasteiger partial charge in [0.15, 0.2) is 9.84 Å². The van der Waals surface area contributed by atoms with Crippen molar-refractivity contribution in [1.82, 2.24) is 9.88 Å². The number of para-hydroxylation sites is 1. The summed E-state index contributed by atoms with van der Waals surface area (Å²) < 4.78 is 25.6. The van der Waals surface area contributed by atoms with Crippen LogP contribution in [0.3, 0.4) is 0 Å². The first-order chi connectivity index (χ1) is 11.4. The molecule has 1 saturated heterocycles. The molecule has 1 N–H and O–H groups in total. The van der Waals surface area contributed by atoms with Crippen LogP contribution in [0.2, 0.25) is 0 Å². The third kappa shape index (κ3) is 3.67. The fraction of sp³-hybridized carbons (Fsp3) is 0.579. The molecule has 4 nitrogen and oxygen atoms in total. The van der Waals surface area contributed by atoms with Crippen molar-refractivity contribution >= 4 is 20.7 Å². The second kappa shape index (κ2) is 6.89. The smallest absolute Gasteiger partial charge is 0.150 e. The second-order valence-corrected chi connectivity index (χ2v) is 9.71. The van der Waals surface area contributed by atoms with Crippen LogP contribution in [0.4, 0.5) is 0 Å². The van der Waals surface area contributed by atoms with E-state index in [-0.39, 0.29) is 5.92 Å². The van der Waals surface area contributed by atoms with Crippen molar-refractivity contribution in [3.63, 3.8) is 0 Å². The molecule has 3 rings (SSSR count). The summed E-state index contributed by atoms with van der Waals surface area (Å²) in [5, 5.41) is 4.81. The van der Waals surface area contributed by atoms with E-state index in [0.29, 0.717) is 17.4 Å². The quantitative estimate of drug-likeness (QED) is 0.872. The van der Waals surface area contributed by atoms with Crippen molar-refractivity contribution < 1.29 is 8.42 Å². The number of sulfone groups is 1. The Kier molecular flexibility index (Phi) is 5.02. The van der Waals surface area contributed by atoms with Crippen LogP contribution in [-0.4, -0.2) is 31.0 Å². The number of aromatic nitrogens is 1. The van der Waals surface area contributed by atoms with E-state index in [9.17, 15) is 8.42 Å². The van der Waals surface area contributed by atoms with Crippen LogP contribution in [0.1, 0.15) is 31.5 Å². The van der Waals surface area contributed by atoms with Gasteiger partial charge in [-0.25, -0.2) is 8.42 Å². The van der Waals surface area contributed by atoms with Gasteiger partial charge in [0.25, 0.3) is 0 Å². The van der Waals surface area contributed by atoms with Gasteiger partial charge in [-0.05, 0) is 43.4 Å². The van der Waals surface area contributed by atoms with Crippen molar-refractivity contribution in [2.45, 2.75) is 40.3 Å². The summed E-state index contributed by atoms with van der Waals surface area (Å²) in [6.45, 7) is 9.28. The van der Waals surface area contributed by atoms with E-state index in [1.807, 2.05) is 0 Å². The van der Waals surface area contributed by atoms with Gasteiger partial charge in [0, 0.05) is 29.7 Å². The Balaban J connectivity index is 1.76. The molecule has 5 heteroatoms. The van der Waals surface area contributed by atoms with Crippen molar-refractivity contribution in [2.24, 2.45) is 11.8 Å². The first-order valence-electron chi connectivity index (χ1n) is 8.85. The minimum atomic E-state index is -2.79. The highest BCUT2D eigenvalue weighted by molar-refractivity contribution is 7.91. The molecular weight excluding hydrogens is 320 g/mol. The Hall–Kier alpha value is -1.33. The Morgan fingerprint density at radius 2 is 2.04 bits per heavy atom. The highest BCUT2D eigenvalue weighted by atomic mass is 32.2. The molecular formula is C19H28N2O2S. The molecule has 132 valence electrons. The number of nitrogens with one attached hydrogen (secondary N) is 1. The van der Waals surface area contributed by atoms with Crippen LogP contribution in [0.5, 0.6) is 0 Å². The summed E-state index contributed by atoms with van der Waals surface area (Å²) in [6.07, 6.45) is 0.795. The number of benzene rings is 1. The molecule has 0 unspecified atom stereocenters. The second-order valence-electron chi connectivity index (χ2n) is 7.49. The number of nitrogens with zero attached hydrogens (tertiary/aromatic N) is 1. The topological polar surface area (TPSA) is 51.1 Å². The Morgan fingerprint density at radius 1 is 1.29 bits per heavy atom. The van der Waals surface area contributed by atoms with E-state index in [2.05, 4.69) is 54.9 Å². The summed E-state index contributed by atoms with van der Waals surface area (Å²) >= 11 is 0. The summed E-state index contributed by atoms with van der Waals surface area (Å²) in [4.78, 5) is 0. The summed E-state index contributed by atoms with van der Waals surface area (Å²) in [7, 11) is -2.79. The molecule has 0 amide bonds. The standard InChI is InChI=1S/C19H28N2O2S/c1-14(2)12-21-15(3)18(17-6-4-5-7-19(17)21)11-20-10-16-8-9-24(22,23)13-16/h4-7,14,16,20H,8-13H2,1-3H3/t16-/m0/s1. The van der Waals surface area contributed by atoms with E-state index in [1.165, 1.54) is 22.2 Å². The fourth-order valence-electron chi connectivity index (χ4n) is 3.76. The molecule has 1 atom stereocenters. The van der Waals surface area contributed by atoms with E-state index in [1.54, 1.807) is 0 Å². The molecule has 0 aliphatic carbocycles. The zero-order valence-electron chi connectivity index (χ0n) is 14.9. The largest absolute Gasteiger partial charge is 0.344 e. The van der Waals surface area contributed by atoms with Gasteiger partial charge in [-0.15, -0.1) is 0 Å². The van der Waals surface area contributed by atoms with E-state index < -0.39 is 9.84 Å². The summed E-state index contributed by atoms with van der Waals surface area (Å²) in [6, 6.07) is 8.57. The lowest BCUT2D eigenvalue weighted by Crippen LogP contribution is -2.23. The zero-order chi connectivity index (χ0) is 17.3. The van der Waals surface area contributed by atoms with Crippen LogP contribution in [-0.2, 0) is 22.9 Å². The van der Waals surface area contributed by atoms with E-state index in [4.69, 9.17) is 0 Å². The van der Waals surface area contributed by atoms with Crippen LogP contribution in [0, 0.1) is 18.8 Å². The highest BCUT2D eigenvalue weighted by Crippen LogP contribution is 2.27. The van der Waals surface area contributed by atoms with Gasteiger partial charge in [0.1, 0.15) is 0 Å². The molecule has 0 spiro atoms. The molecule has 1 aromatic carbocycles. The first-order valence-corrected chi connectivity index (χ1v) is 10.7. The molecule has 2 aromatic rings. The average molecular weight is 349 g/mol. The van der Waals surface area contributed by atoms with Crippen molar-refractivity contribution in [2.75, 3.05) is 18.1 Å². The molecule has 1 aliphatic rings. The molecule has 2 heterocycles. The molecule has 1 aromatic heterocycles. The zero-order valence-corrected chi connectivity index (χ0v) is 15.7. The third-order valence-electron chi connectivity index (χ3n) is 4.97. The lowest BCUT2D eigenvalue weighted by Gasteiger charge is -2.12. The van der Waals surface area contributed by atoms with Gasteiger partial charge in [-0.3, -0.25) is 0 Å². The molecule has 1 fully saturated rings. The van der Waals surface area contributed by atoms with Crippen molar-refractivity contribution in [3.8, 4) is 0 Å². The maximum atomic E-state index is 11.6. The molecule has 24 heavy (non-hydrogen) atoms. The van der Waals surface area contributed by atoms with E-state index in [0.717, 1.165) is 26.1 Å². The number of rotatable bonds is 6. The predicted octanol–water partition coefficient (Wildman–Crippen LogP) is 3.13. The highest BCUT2D eigenvalue weighted by Gasteiger charge is 2.27.